The Morgan fingerprint density at radius 3 is 2.89 bits per heavy atom. The predicted molar refractivity (Wildman–Crippen MR) is 69.5 cm³/mol. The van der Waals surface area contributed by atoms with Crippen molar-refractivity contribution in [1.29, 1.82) is 0 Å². The number of rotatable bonds is 6. The van der Waals surface area contributed by atoms with E-state index in [0.29, 0.717) is 18.5 Å². The highest BCUT2D eigenvalue weighted by Gasteiger charge is 2.10. The third-order valence-electron chi connectivity index (χ3n) is 2.39. The van der Waals surface area contributed by atoms with E-state index in [1.807, 2.05) is 11.9 Å². The Labute approximate surface area is 115 Å². The van der Waals surface area contributed by atoms with E-state index in [1.165, 1.54) is 17.3 Å². The van der Waals surface area contributed by atoms with Crippen molar-refractivity contribution in [3.63, 3.8) is 0 Å². The molecule has 0 N–H and O–H groups in total. The molecule has 0 amide bonds. The third-order valence-corrected chi connectivity index (χ3v) is 2.56. The molecule has 0 bridgehead atoms. The number of hydrogen-bond donors (Lipinski definition) is 0. The van der Waals surface area contributed by atoms with Gasteiger partial charge in [-0.25, -0.2) is 4.98 Å². The van der Waals surface area contributed by atoms with Crippen molar-refractivity contribution in [2.75, 3.05) is 32.2 Å². The summed E-state index contributed by atoms with van der Waals surface area (Å²) in [6.45, 7) is 1.43. The van der Waals surface area contributed by atoms with Gasteiger partial charge in [0.1, 0.15) is 12.7 Å². The first kappa shape index (κ1) is 13.6. The summed E-state index contributed by atoms with van der Waals surface area (Å²) in [6, 6.07) is 0. The largest absolute Gasteiger partial charge is 0.385 e. The Morgan fingerprint density at radius 2 is 2.21 bits per heavy atom. The van der Waals surface area contributed by atoms with Gasteiger partial charge in [-0.15, -0.1) is 0 Å². The highest BCUT2D eigenvalue weighted by Crippen LogP contribution is 2.11. The minimum atomic E-state index is 0.120. The Bertz CT molecular complexity index is 519. The Kier molecular flexibility index (Phi) is 4.58. The van der Waals surface area contributed by atoms with Gasteiger partial charge in [-0.3, -0.25) is 0 Å². The van der Waals surface area contributed by atoms with Crippen LogP contribution < -0.4 is 4.90 Å². The molecule has 0 saturated heterocycles. The average molecular weight is 284 g/mol. The van der Waals surface area contributed by atoms with E-state index in [4.69, 9.17) is 16.3 Å². The van der Waals surface area contributed by atoms with Gasteiger partial charge in [0.2, 0.25) is 11.2 Å². The predicted octanol–water partition coefficient (Wildman–Crippen LogP) is 0.578. The molecule has 0 aliphatic heterocycles. The van der Waals surface area contributed by atoms with Crippen molar-refractivity contribution < 1.29 is 4.74 Å². The molecular weight excluding hydrogens is 270 g/mol. The maximum absolute atomic E-state index is 5.90. The molecule has 0 atom stereocenters. The molecule has 0 unspecified atom stereocenters. The lowest BCUT2D eigenvalue weighted by Gasteiger charge is -2.16. The van der Waals surface area contributed by atoms with Crippen LogP contribution >= 0.6 is 11.6 Å². The molecule has 0 fully saturated rings. The number of hydrogen-bond acceptors (Lipinski definition) is 7. The number of anilines is 1. The van der Waals surface area contributed by atoms with E-state index < -0.39 is 0 Å². The number of ether oxygens (including phenoxy) is 1. The van der Waals surface area contributed by atoms with Gasteiger partial charge in [0.05, 0.1) is 0 Å². The van der Waals surface area contributed by atoms with Crippen LogP contribution in [0.4, 0.5) is 5.95 Å². The quantitative estimate of drug-likeness (QED) is 0.717. The van der Waals surface area contributed by atoms with Crippen molar-refractivity contribution in [2.45, 2.75) is 6.42 Å². The van der Waals surface area contributed by atoms with Crippen molar-refractivity contribution in [2.24, 2.45) is 0 Å². The molecule has 0 spiro atoms. The average Bonchev–Trinajstić information content (AvgIpc) is 2.92. The molecule has 0 radical (unpaired) electrons. The molecule has 19 heavy (non-hydrogen) atoms. The molecule has 102 valence electrons. The topological polar surface area (TPSA) is 81.9 Å². The van der Waals surface area contributed by atoms with Crippen LogP contribution in [0.5, 0.6) is 0 Å². The fourth-order valence-corrected chi connectivity index (χ4v) is 1.61. The zero-order valence-electron chi connectivity index (χ0n) is 10.7. The summed E-state index contributed by atoms with van der Waals surface area (Å²) in [5, 5.41) is 4.08. The van der Waals surface area contributed by atoms with E-state index in [0.717, 1.165) is 13.0 Å². The number of halogens is 1. The second-order valence-electron chi connectivity index (χ2n) is 3.81. The van der Waals surface area contributed by atoms with Gasteiger partial charge in [0.25, 0.3) is 5.95 Å². The zero-order chi connectivity index (χ0) is 13.7. The van der Waals surface area contributed by atoms with E-state index in [-0.39, 0.29) is 5.28 Å². The lowest BCUT2D eigenvalue weighted by molar-refractivity contribution is 0.196. The van der Waals surface area contributed by atoms with E-state index >= 15 is 0 Å². The normalized spacial score (nSPS) is 10.7. The van der Waals surface area contributed by atoms with Crippen molar-refractivity contribution in [1.82, 2.24) is 29.7 Å². The van der Waals surface area contributed by atoms with Crippen LogP contribution in [0.25, 0.3) is 5.95 Å². The molecule has 2 aromatic heterocycles. The SMILES string of the molecule is COCCCN(C)c1nc(Cl)nc(-n2cncn2)n1. The molecule has 9 heteroatoms. The molecule has 2 rings (SSSR count). The van der Waals surface area contributed by atoms with Crippen LogP contribution in [0.3, 0.4) is 0 Å². The summed E-state index contributed by atoms with van der Waals surface area (Å²) in [4.78, 5) is 18.1. The fraction of sp³-hybridized carbons (Fsp3) is 0.500. The van der Waals surface area contributed by atoms with Gasteiger partial charge >= 0.3 is 0 Å². The van der Waals surface area contributed by atoms with Gasteiger partial charge in [0, 0.05) is 27.3 Å². The van der Waals surface area contributed by atoms with Crippen LogP contribution in [-0.2, 0) is 4.74 Å². The summed E-state index contributed by atoms with van der Waals surface area (Å²) in [7, 11) is 3.55. The molecule has 2 heterocycles. The van der Waals surface area contributed by atoms with Crippen molar-refractivity contribution in [3.05, 3.63) is 17.9 Å². The summed E-state index contributed by atoms with van der Waals surface area (Å²) in [5.74, 6) is 0.827. The molecular formula is C10H14ClN7O. The standard InChI is InChI=1S/C10H14ClN7O/c1-17(4-3-5-19-2)9-14-8(11)15-10(16-9)18-7-12-6-13-18/h6-7H,3-5H2,1-2H3. The molecule has 8 nitrogen and oxygen atoms in total. The van der Waals surface area contributed by atoms with Crippen LogP contribution in [0.1, 0.15) is 6.42 Å². The summed E-state index contributed by atoms with van der Waals surface area (Å²) >= 11 is 5.90. The monoisotopic (exact) mass is 283 g/mol. The number of nitrogens with zero attached hydrogens (tertiary/aromatic N) is 7. The van der Waals surface area contributed by atoms with Gasteiger partial charge < -0.3 is 9.64 Å². The van der Waals surface area contributed by atoms with Gasteiger partial charge in [0.15, 0.2) is 0 Å². The minimum absolute atomic E-state index is 0.120. The van der Waals surface area contributed by atoms with E-state index in [9.17, 15) is 0 Å². The van der Waals surface area contributed by atoms with Crippen LogP contribution in [0, 0.1) is 0 Å². The Morgan fingerprint density at radius 1 is 1.37 bits per heavy atom. The summed E-state index contributed by atoms with van der Waals surface area (Å²) < 4.78 is 6.44. The Hall–Kier alpha value is -1.80. The van der Waals surface area contributed by atoms with Gasteiger partial charge in [-0.1, -0.05) is 0 Å². The maximum Gasteiger partial charge on any atom is 0.258 e. The first-order valence-electron chi connectivity index (χ1n) is 5.67. The van der Waals surface area contributed by atoms with E-state index in [2.05, 4.69) is 25.0 Å². The lowest BCUT2D eigenvalue weighted by atomic mass is 10.4. The van der Waals surface area contributed by atoms with Gasteiger partial charge in [-0.2, -0.15) is 24.7 Å². The molecule has 0 aliphatic carbocycles. The molecule has 0 aromatic carbocycles. The van der Waals surface area contributed by atoms with Crippen molar-refractivity contribution in [3.8, 4) is 5.95 Å². The molecule has 0 saturated carbocycles. The second kappa shape index (κ2) is 6.39. The first-order valence-corrected chi connectivity index (χ1v) is 6.05. The highest BCUT2D eigenvalue weighted by atomic mass is 35.5. The van der Waals surface area contributed by atoms with Crippen LogP contribution in [0.15, 0.2) is 12.7 Å². The van der Waals surface area contributed by atoms with Crippen LogP contribution in [0.2, 0.25) is 5.28 Å². The molecule has 0 aliphatic rings. The third kappa shape index (κ3) is 3.58. The smallest absolute Gasteiger partial charge is 0.258 e. The number of methoxy groups -OCH3 is 1. The Balaban J connectivity index is 2.17. The summed E-state index contributed by atoms with van der Waals surface area (Å²) in [6.07, 6.45) is 3.77. The fourth-order valence-electron chi connectivity index (χ4n) is 1.46. The molecule has 2 aromatic rings. The van der Waals surface area contributed by atoms with Gasteiger partial charge in [-0.05, 0) is 18.0 Å². The van der Waals surface area contributed by atoms with E-state index in [1.54, 1.807) is 7.11 Å². The second-order valence-corrected chi connectivity index (χ2v) is 4.15. The lowest BCUT2D eigenvalue weighted by Crippen LogP contribution is -2.23. The van der Waals surface area contributed by atoms with Crippen LogP contribution in [-0.4, -0.2) is 57.0 Å². The maximum atomic E-state index is 5.90. The summed E-state index contributed by atoms with van der Waals surface area (Å²) in [5.41, 5.74) is 0. The van der Waals surface area contributed by atoms with Crippen molar-refractivity contribution >= 4 is 17.5 Å². The number of aromatic nitrogens is 6. The minimum Gasteiger partial charge on any atom is -0.385 e. The highest BCUT2D eigenvalue weighted by molar-refractivity contribution is 6.28. The zero-order valence-corrected chi connectivity index (χ0v) is 11.4. The first-order chi connectivity index (χ1) is 9.20.